The minimum Gasteiger partial charge on any atom is -0.461 e. The number of carbonyl (C=O) groups excluding carboxylic acids is 5. The highest BCUT2D eigenvalue weighted by atomic mass is 16.5. The van der Waals surface area contributed by atoms with Crippen LogP contribution in [0.5, 0.6) is 0 Å². The Hall–Kier alpha value is -5.14. The van der Waals surface area contributed by atoms with Gasteiger partial charge < -0.3 is 20.7 Å². The van der Waals surface area contributed by atoms with E-state index in [0.717, 1.165) is 5.56 Å². The van der Waals surface area contributed by atoms with Gasteiger partial charge in [-0.15, -0.1) is 0 Å². The van der Waals surface area contributed by atoms with Crippen LogP contribution in [0, 0.1) is 5.92 Å². The maximum atomic E-state index is 14.3. The first-order valence-corrected chi connectivity index (χ1v) is 14.8. The molecule has 4 rings (SSSR count). The lowest BCUT2D eigenvalue weighted by Gasteiger charge is -2.30. The van der Waals surface area contributed by atoms with E-state index in [1.165, 1.54) is 24.2 Å². The summed E-state index contributed by atoms with van der Waals surface area (Å²) in [7, 11) is 0. The summed E-state index contributed by atoms with van der Waals surface area (Å²) in [5.41, 5.74) is 1.98. The van der Waals surface area contributed by atoms with Crippen molar-refractivity contribution in [2.24, 2.45) is 5.92 Å². The summed E-state index contributed by atoms with van der Waals surface area (Å²) in [5.74, 6) is -2.57. The Morgan fingerprint density at radius 1 is 1.09 bits per heavy atom. The number of hydrogen-bond acceptors (Lipinski definition) is 9. The summed E-state index contributed by atoms with van der Waals surface area (Å²) >= 11 is 0. The third-order valence-corrected chi connectivity index (χ3v) is 7.62. The van der Waals surface area contributed by atoms with E-state index < -0.39 is 47.7 Å². The van der Waals surface area contributed by atoms with E-state index in [2.05, 4.69) is 36.3 Å². The number of aromatic amines is 1. The number of nitrogens with one attached hydrogen (secondary N) is 4. The molecule has 14 nitrogen and oxygen atoms in total. The van der Waals surface area contributed by atoms with E-state index in [1.807, 2.05) is 44.2 Å². The average molecular weight is 619 g/mol. The fourth-order valence-corrected chi connectivity index (χ4v) is 5.01. The second-order valence-corrected chi connectivity index (χ2v) is 10.9. The van der Waals surface area contributed by atoms with Crippen LogP contribution < -0.4 is 20.9 Å². The first-order chi connectivity index (χ1) is 21.7. The number of anilines is 1. The Balaban J connectivity index is 1.56. The van der Waals surface area contributed by atoms with Gasteiger partial charge in [-0.3, -0.25) is 28.9 Å². The lowest BCUT2D eigenvalue weighted by atomic mass is 9.97. The van der Waals surface area contributed by atoms with E-state index in [1.54, 1.807) is 12.1 Å². The molecule has 0 bridgehead atoms. The molecular formula is C31H38N8O6. The van der Waals surface area contributed by atoms with Crippen LogP contribution >= 0.6 is 0 Å². The summed E-state index contributed by atoms with van der Waals surface area (Å²) in [5, 5.41) is 18.3. The summed E-state index contributed by atoms with van der Waals surface area (Å²) in [6.45, 7) is 5.14. The summed E-state index contributed by atoms with van der Waals surface area (Å²) in [6, 6.07) is 9.52. The SMILES string of the molecule is CC[C@H](C)[C@H](NC(C)=O)C(=O)N[C@@H](CCC(=O)OCc1ccccc1)C(=O)N1c2ncccc2C[C@H]1C(=O)NCc1cn[nH]n1. The molecule has 0 saturated heterocycles. The third kappa shape index (κ3) is 8.71. The Kier molecular flexibility index (Phi) is 11.3. The Morgan fingerprint density at radius 2 is 1.87 bits per heavy atom. The van der Waals surface area contributed by atoms with Gasteiger partial charge in [-0.25, -0.2) is 4.98 Å². The highest BCUT2D eigenvalue weighted by Crippen LogP contribution is 2.31. The quantitative estimate of drug-likeness (QED) is 0.193. The Morgan fingerprint density at radius 3 is 2.56 bits per heavy atom. The highest BCUT2D eigenvalue weighted by Gasteiger charge is 2.42. The number of H-pyrrole nitrogens is 1. The molecule has 3 heterocycles. The second kappa shape index (κ2) is 15.5. The molecule has 2 aromatic heterocycles. The van der Waals surface area contributed by atoms with Crippen LogP contribution in [0.3, 0.4) is 0 Å². The molecule has 4 atom stereocenters. The van der Waals surface area contributed by atoms with E-state index >= 15 is 0 Å². The van der Waals surface area contributed by atoms with Crippen molar-refractivity contribution in [2.45, 2.75) is 77.7 Å². The van der Waals surface area contributed by atoms with Crippen molar-refractivity contribution in [3.05, 3.63) is 71.7 Å². The van der Waals surface area contributed by atoms with Crippen molar-refractivity contribution in [1.82, 2.24) is 36.3 Å². The molecule has 0 spiro atoms. The van der Waals surface area contributed by atoms with Gasteiger partial charge in [0.15, 0.2) is 0 Å². The Labute approximate surface area is 260 Å². The number of pyridine rings is 1. The molecule has 1 aliphatic rings. The van der Waals surface area contributed by atoms with Gasteiger partial charge >= 0.3 is 5.97 Å². The fraction of sp³-hybridized carbons (Fsp3) is 0.419. The highest BCUT2D eigenvalue weighted by molar-refractivity contribution is 6.06. The maximum absolute atomic E-state index is 14.3. The summed E-state index contributed by atoms with van der Waals surface area (Å²) < 4.78 is 5.40. The lowest BCUT2D eigenvalue weighted by molar-refractivity contribution is -0.145. The Bertz CT molecular complexity index is 1480. The molecular weight excluding hydrogens is 580 g/mol. The fourth-order valence-electron chi connectivity index (χ4n) is 5.01. The zero-order valence-corrected chi connectivity index (χ0v) is 25.5. The van der Waals surface area contributed by atoms with E-state index in [0.29, 0.717) is 17.7 Å². The minimum atomic E-state index is -1.24. The van der Waals surface area contributed by atoms with Gasteiger partial charge in [-0.1, -0.05) is 56.7 Å². The van der Waals surface area contributed by atoms with Crippen molar-refractivity contribution < 1.29 is 28.7 Å². The molecule has 1 aromatic carbocycles. The molecule has 4 N–H and O–H groups in total. The number of nitrogens with zero attached hydrogens (tertiary/aromatic N) is 4. The van der Waals surface area contributed by atoms with Crippen LogP contribution in [0.1, 0.15) is 56.9 Å². The van der Waals surface area contributed by atoms with Crippen molar-refractivity contribution >= 4 is 35.4 Å². The van der Waals surface area contributed by atoms with Gasteiger partial charge in [-0.2, -0.15) is 15.4 Å². The van der Waals surface area contributed by atoms with Crippen LogP contribution in [-0.2, 0) is 48.3 Å². The first kappa shape index (κ1) is 32.8. The van der Waals surface area contributed by atoms with Gasteiger partial charge in [0, 0.05) is 26.0 Å². The molecule has 4 amide bonds. The number of amides is 4. The molecule has 0 unspecified atom stereocenters. The van der Waals surface area contributed by atoms with E-state index in [9.17, 15) is 24.0 Å². The second-order valence-electron chi connectivity index (χ2n) is 10.9. The monoisotopic (exact) mass is 618 g/mol. The third-order valence-electron chi connectivity index (χ3n) is 7.62. The zero-order chi connectivity index (χ0) is 32.3. The molecule has 14 heteroatoms. The predicted molar refractivity (Wildman–Crippen MR) is 162 cm³/mol. The number of benzene rings is 1. The van der Waals surface area contributed by atoms with Gasteiger partial charge in [0.25, 0.3) is 5.91 Å². The standard InChI is InChI=1S/C31H38N8O6/c1-4-19(2)27(35-20(3)40)30(43)36-24(12-13-26(41)45-18-21-9-6-5-7-10-21)31(44)39-25(15-22-11-8-14-32-28(22)39)29(42)33-16-23-17-34-38-37-23/h5-11,14,17,19,24-25,27H,4,12-13,15-16,18H2,1-3H3,(H,33,42)(H,35,40)(H,36,43)(H,34,37,38)/t19-,24-,25-,27-/m0/s1. The number of esters is 1. The maximum Gasteiger partial charge on any atom is 0.306 e. The minimum absolute atomic E-state index is 0.0560. The predicted octanol–water partition coefficient (Wildman–Crippen LogP) is 1.33. The molecule has 1 aliphatic heterocycles. The van der Waals surface area contributed by atoms with Crippen molar-refractivity contribution in [3.63, 3.8) is 0 Å². The molecule has 3 aromatic rings. The first-order valence-electron chi connectivity index (χ1n) is 14.8. The van der Waals surface area contributed by atoms with Crippen LogP contribution in [0.2, 0.25) is 0 Å². The van der Waals surface area contributed by atoms with Gasteiger partial charge in [0.1, 0.15) is 36.2 Å². The lowest BCUT2D eigenvalue weighted by Crippen LogP contribution is -2.58. The molecule has 238 valence electrons. The average Bonchev–Trinajstić information content (AvgIpc) is 3.71. The van der Waals surface area contributed by atoms with Gasteiger partial charge in [0.05, 0.1) is 12.7 Å². The van der Waals surface area contributed by atoms with E-state index in [4.69, 9.17) is 4.74 Å². The number of aromatic nitrogens is 4. The number of rotatable bonds is 14. The molecule has 0 aliphatic carbocycles. The number of hydrogen-bond donors (Lipinski definition) is 4. The number of carbonyl (C=O) groups is 5. The van der Waals surface area contributed by atoms with Crippen LogP contribution in [0.15, 0.2) is 54.9 Å². The van der Waals surface area contributed by atoms with Crippen LogP contribution in [0.4, 0.5) is 5.82 Å². The molecule has 0 fully saturated rings. The molecule has 0 radical (unpaired) electrons. The summed E-state index contributed by atoms with van der Waals surface area (Å²) in [4.78, 5) is 71.6. The van der Waals surface area contributed by atoms with Gasteiger partial charge in [0.2, 0.25) is 17.7 Å². The summed E-state index contributed by atoms with van der Waals surface area (Å²) in [6.07, 6.45) is 3.46. The van der Waals surface area contributed by atoms with Crippen molar-refractivity contribution in [2.75, 3.05) is 4.90 Å². The molecule has 45 heavy (non-hydrogen) atoms. The largest absolute Gasteiger partial charge is 0.461 e. The van der Waals surface area contributed by atoms with Crippen LogP contribution in [-0.4, -0.2) is 68.1 Å². The topological polar surface area (TPSA) is 188 Å². The molecule has 0 saturated carbocycles. The number of ether oxygens (including phenoxy) is 1. The smallest absolute Gasteiger partial charge is 0.306 e. The zero-order valence-electron chi connectivity index (χ0n) is 25.5. The van der Waals surface area contributed by atoms with Gasteiger partial charge in [-0.05, 0) is 29.5 Å². The van der Waals surface area contributed by atoms with Crippen molar-refractivity contribution in [1.29, 1.82) is 0 Å². The number of fused-ring (bicyclic) bond motifs is 1. The van der Waals surface area contributed by atoms with E-state index in [-0.39, 0.29) is 44.1 Å². The van der Waals surface area contributed by atoms with Crippen LogP contribution in [0.25, 0.3) is 0 Å². The van der Waals surface area contributed by atoms with Crippen molar-refractivity contribution in [3.8, 4) is 0 Å². The normalized spacial score (nSPS) is 15.7.